The third-order valence-corrected chi connectivity index (χ3v) is 5.22. The molecule has 1 saturated heterocycles. The molecule has 0 radical (unpaired) electrons. The summed E-state index contributed by atoms with van der Waals surface area (Å²) in [6.07, 6.45) is 4.68. The fourth-order valence-corrected chi connectivity index (χ4v) is 3.71. The van der Waals surface area contributed by atoms with Crippen LogP contribution in [0.15, 0.2) is 29.3 Å². The highest BCUT2D eigenvalue weighted by Gasteiger charge is 2.31. The van der Waals surface area contributed by atoms with E-state index in [1.54, 1.807) is 7.11 Å². The van der Waals surface area contributed by atoms with Crippen molar-refractivity contribution < 1.29 is 14.3 Å². The SMILES string of the molecule is COc1cc2cc3c(cc2cc1OCCCCl)N=C[C@@H]1CCCN1C3=O. The molecular formula is C20H21ClN2O3. The first-order valence-corrected chi connectivity index (χ1v) is 9.44. The van der Waals surface area contributed by atoms with E-state index >= 15 is 0 Å². The van der Waals surface area contributed by atoms with Crippen LogP contribution in [0.4, 0.5) is 5.69 Å². The summed E-state index contributed by atoms with van der Waals surface area (Å²) in [5.41, 5.74) is 1.37. The Morgan fingerprint density at radius 2 is 2.04 bits per heavy atom. The molecule has 0 aliphatic carbocycles. The predicted octanol–water partition coefficient (Wildman–Crippen LogP) is 4.18. The number of halogens is 1. The van der Waals surface area contributed by atoms with E-state index in [1.807, 2.05) is 35.4 Å². The number of benzene rings is 2. The van der Waals surface area contributed by atoms with Gasteiger partial charge in [-0.1, -0.05) is 0 Å². The molecule has 1 amide bonds. The first-order valence-electron chi connectivity index (χ1n) is 8.91. The number of methoxy groups -OCH3 is 1. The number of alkyl halides is 1. The number of carbonyl (C=O) groups is 1. The van der Waals surface area contributed by atoms with Gasteiger partial charge in [0.1, 0.15) is 0 Å². The molecule has 0 saturated carbocycles. The molecule has 0 aromatic heterocycles. The summed E-state index contributed by atoms with van der Waals surface area (Å²) in [6.45, 7) is 1.33. The van der Waals surface area contributed by atoms with Crippen LogP contribution in [0.5, 0.6) is 11.5 Å². The van der Waals surface area contributed by atoms with E-state index in [0.717, 1.165) is 36.6 Å². The van der Waals surface area contributed by atoms with E-state index in [2.05, 4.69) is 4.99 Å². The molecule has 1 fully saturated rings. The van der Waals surface area contributed by atoms with E-state index in [9.17, 15) is 4.79 Å². The van der Waals surface area contributed by atoms with Crippen LogP contribution in [0.1, 0.15) is 29.6 Å². The molecule has 2 aliphatic rings. The molecule has 2 heterocycles. The highest BCUT2D eigenvalue weighted by atomic mass is 35.5. The number of nitrogens with zero attached hydrogens (tertiary/aromatic N) is 2. The molecule has 0 spiro atoms. The topological polar surface area (TPSA) is 51.1 Å². The lowest BCUT2D eigenvalue weighted by Crippen LogP contribution is -2.35. The van der Waals surface area contributed by atoms with Crippen LogP contribution in [0.3, 0.4) is 0 Å². The van der Waals surface area contributed by atoms with Gasteiger partial charge in [-0.25, -0.2) is 0 Å². The molecule has 2 aromatic rings. The Bertz CT molecular complexity index is 881. The maximum absolute atomic E-state index is 12.9. The number of carbonyl (C=O) groups excluding carboxylic acids is 1. The zero-order valence-corrected chi connectivity index (χ0v) is 15.5. The van der Waals surface area contributed by atoms with Crippen LogP contribution >= 0.6 is 11.6 Å². The molecule has 0 unspecified atom stereocenters. The van der Waals surface area contributed by atoms with Gasteiger partial charge >= 0.3 is 0 Å². The minimum atomic E-state index is 0.0586. The minimum absolute atomic E-state index is 0.0586. The number of rotatable bonds is 5. The molecule has 6 heteroatoms. The van der Waals surface area contributed by atoms with Crippen molar-refractivity contribution in [1.82, 2.24) is 4.90 Å². The van der Waals surface area contributed by atoms with Gasteiger partial charge < -0.3 is 14.4 Å². The van der Waals surface area contributed by atoms with E-state index in [1.165, 1.54) is 0 Å². The molecule has 4 rings (SSSR count). The van der Waals surface area contributed by atoms with E-state index in [0.29, 0.717) is 35.2 Å². The van der Waals surface area contributed by atoms with Gasteiger partial charge in [-0.05, 0) is 54.3 Å². The van der Waals surface area contributed by atoms with Gasteiger partial charge in [0.25, 0.3) is 5.91 Å². The molecule has 0 N–H and O–H groups in total. The van der Waals surface area contributed by atoms with Crippen molar-refractivity contribution >= 4 is 40.2 Å². The average molecular weight is 373 g/mol. The van der Waals surface area contributed by atoms with Crippen molar-refractivity contribution in [2.24, 2.45) is 4.99 Å². The lowest BCUT2D eigenvalue weighted by atomic mass is 10.0. The zero-order valence-electron chi connectivity index (χ0n) is 14.7. The number of hydrogen-bond acceptors (Lipinski definition) is 4. The van der Waals surface area contributed by atoms with Gasteiger partial charge in [-0.15, -0.1) is 11.6 Å². The maximum atomic E-state index is 12.9. The summed E-state index contributed by atoms with van der Waals surface area (Å²) in [4.78, 5) is 19.5. The lowest BCUT2D eigenvalue weighted by molar-refractivity contribution is 0.0775. The fraction of sp³-hybridized carbons (Fsp3) is 0.400. The van der Waals surface area contributed by atoms with Gasteiger partial charge in [0.05, 0.1) is 31.0 Å². The summed E-state index contributed by atoms with van der Waals surface area (Å²) >= 11 is 5.72. The number of amides is 1. The third-order valence-electron chi connectivity index (χ3n) is 4.95. The predicted molar refractivity (Wildman–Crippen MR) is 104 cm³/mol. The van der Waals surface area contributed by atoms with Crippen LogP contribution in [0, 0.1) is 0 Å². The smallest absolute Gasteiger partial charge is 0.256 e. The molecule has 2 aromatic carbocycles. The Morgan fingerprint density at radius 3 is 2.85 bits per heavy atom. The number of hydrogen-bond donors (Lipinski definition) is 0. The van der Waals surface area contributed by atoms with Crippen LogP contribution in [0.25, 0.3) is 10.8 Å². The van der Waals surface area contributed by atoms with Crippen LogP contribution in [0.2, 0.25) is 0 Å². The second-order valence-corrected chi connectivity index (χ2v) is 6.97. The summed E-state index contributed by atoms with van der Waals surface area (Å²) in [5.74, 6) is 1.94. The first kappa shape index (κ1) is 17.2. The Hall–Kier alpha value is -2.27. The summed E-state index contributed by atoms with van der Waals surface area (Å²) in [5, 5.41) is 1.91. The molecule has 1 atom stereocenters. The third kappa shape index (κ3) is 3.01. The molecule has 136 valence electrons. The van der Waals surface area contributed by atoms with Crippen LogP contribution in [-0.4, -0.2) is 49.2 Å². The van der Waals surface area contributed by atoms with Crippen molar-refractivity contribution in [3.63, 3.8) is 0 Å². The van der Waals surface area contributed by atoms with Crippen molar-refractivity contribution in [2.45, 2.75) is 25.3 Å². The Morgan fingerprint density at radius 1 is 1.23 bits per heavy atom. The Labute approximate surface area is 157 Å². The normalized spacial score (nSPS) is 18.6. The van der Waals surface area contributed by atoms with E-state index < -0.39 is 0 Å². The highest BCUT2D eigenvalue weighted by molar-refractivity contribution is 6.17. The second-order valence-electron chi connectivity index (χ2n) is 6.60. The Balaban J connectivity index is 1.77. The van der Waals surface area contributed by atoms with Gasteiger partial charge in [-0.2, -0.15) is 0 Å². The van der Waals surface area contributed by atoms with Crippen LogP contribution < -0.4 is 9.47 Å². The van der Waals surface area contributed by atoms with Gasteiger partial charge in [0.2, 0.25) is 0 Å². The standard InChI is InChI=1S/C20H21ClN2O3/c1-25-18-10-13-8-16-17(9-14(13)11-19(18)26-7-3-5-21)22-12-15-4-2-6-23(15)20(16)24/h8-12,15H,2-7H2,1H3/t15-/m0/s1. The zero-order chi connectivity index (χ0) is 18.1. The first-order chi connectivity index (χ1) is 12.7. The number of aliphatic imine (C=N–C) groups is 1. The maximum Gasteiger partial charge on any atom is 0.256 e. The molecule has 5 nitrogen and oxygen atoms in total. The summed E-state index contributed by atoms with van der Waals surface area (Å²) in [7, 11) is 1.61. The molecule has 0 bridgehead atoms. The lowest BCUT2D eigenvalue weighted by Gasteiger charge is -2.20. The van der Waals surface area contributed by atoms with Gasteiger partial charge in [-0.3, -0.25) is 9.79 Å². The highest BCUT2D eigenvalue weighted by Crippen LogP contribution is 2.37. The fourth-order valence-electron chi connectivity index (χ4n) is 3.60. The summed E-state index contributed by atoms with van der Waals surface area (Å²) < 4.78 is 11.3. The molecule has 2 aliphatic heterocycles. The largest absolute Gasteiger partial charge is 0.493 e. The molecule has 26 heavy (non-hydrogen) atoms. The van der Waals surface area contributed by atoms with Gasteiger partial charge in [0.15, 0.2) is 11.5 Å². The molecular weight excluding hydrogens is 352 g/mol. The minimum Gasteiger partial charge on any atom is -0.493 e. The summed E-state index contributed by atoms with van der Waals surface area (Å²) in [6, 6.07) is 7.83. The van der Waals surface area contributed by atoms with Gasteiger partial charge in [0, 0.05) is 18.6 Å². The Kier molecular flexibility index (Phi) is 4.72. The van der Waals surface area contributed by atoms with Crippen molar-refractivity contribution in [2.75, 3.05) is 26.1 Å². The van der Waals surface area contributed by atoms with E-state index in [-0.39, 0.29) is 11.9 Å². The quantitative estimate of drug-likeness (QED) is 0.584. The number of fused-ring (bicyclic) bond motifs is 3. The van der Waals surface area contributed by atoms with Crippen LogP contribution in [-0.2, 0) is 0 Å². The monoisotopic (exact) mass is 372 g/mol. The van der Waals surface area contributed by atoms with Crippen molar-refractivity contribution in [3.05, 3.63) is 29.8 Å². The van der Waals surface area contributed by atoms with E-state index in [4.69, 9.17) is 21.1 Å². The number of ether oxygens (including phenoxy) is 2. The van der Waals surface area contributed by atoms with Crippen molar-refractivity contribution in [3.8, 4) is 11.5 Å². The second kappa shape index (κ2) is 7.16. The average Bonchev–Trinajstić information content (AvgIpc) is 3.09. The van der Waals surface area contributed by atoms with Crippen molar-refractivity contribution in [1.29, 1.82) is 0 Å².